The van der Waals surface area contributed by atoms with Crippen LogP contribution < -0.4 is 5.32 Å². The first kappa shape index (κ1) is 25.1. The number of furan rings is 1. The first-order valence-electron chi connectivity index (χ1n) is 11.2. The maximum atomic E-state index is 13.5. The van der Waals surface area contributed by atoms with E-state index < -0.39 is 32.8 Å². The Balaban J connectivity index is 1.56. The van der Waals surface area contributed by atoms with Crippen LogP contribution in [0.3, 0.4) is 0 Å². The monoisotopic (exact) mass is 513 g/mol. The van der Waals surface area contributed by atoms with Gasteiger partial charge in [-0.25, -0.2) is 12.8 Å². The highest BCUT2D eigenvalue weighted by atomic mass is 32.2. The minimum absolute atomic E-state index is 0.00201. The average molecular weight is 514 g/mol. The summed E-state index contributed by atoms with van der Waals surface area (Å²) in [5, 5.41) is 0.412. The van der Waals surface area contributed by atoms with Crippen molar-refractivity contribution in [1.82, 2.24) is 15.1 Å². The number of hydrogen-bond acceptors (Lipinski definition) is 6. The van der Waals surface area contributed by atoms with Gasteiger partial charge in [0.15, 0.2) is 5.76 Å². The van der Waals surface area contributed by atoms with Crippen molar-refractivity contribution in [3.05, 3.63) is 89.6 Å². The maximum absolute atomic E-state index is 13.5. The molecule has 3 aromatic rings. The maximum Gasteiger partial charge on any atom is 0.289 e. The molecule has 2 heterocycles. The third-order valence-corrected chi connectivity index (χ3v) is 7.73. The summed E-state index contributed by atoms with van der Waals surface area (Å²) < 4.78 is 45.4. The molecular weight excluding hydrogens is 489 g/mol. The lowest BCUT2D eigenvalue weighted by Crippen LogP contribution is -2.57. The van der Waals surface area contributed by atoms with Crippen molar-refractivity contribution in [3.63, 3.8) is 0 Å². The Morgan fingerprint density at radius 1 is 0.917 bits per heavy atom. The van der Waals surface area contributed by atoms with Crippen LogP contribution in [-0.2, 0) is 14.6 Å². The topological polar surface area (TPSA) is 117 Å². The average Bonchev–Trinajstić information content (AvgIpc) is 3.42. The number of benzene rings is 2. The molecular formula is C25H24FN3O6S. The fourth-order valence-corrected chi connectivity index (χ4v) is 5.26. The van der Waals surface area contributed by atoms with E-state index in [9.17, 15) is 27.2 Å². The number of carbonyl (C=O) groups excluding carboxylic acids is 3. The summed E-state index contributed by atoms with van der Waals surface area (Å²) in [5.74, 6) is -2.39. The van der Waals surface area contributed by atoms with Gasteiger partial charge in [0.1, 0.15) is 5.82 Å². The molecule has 0 aliphatic carbocycles. The Morgan fingerprint density at radius 2 is 1.53 bits per heavy atom. The van der Waals surface area contributed by atoms with Gasteiger partial charge in [-0.15, -0.1) is 0 Å². The van der Waals surface area contributed by atoms with Gasteiger partial charge in [-0.05, 0) is 55.5 Å². The number of carbonyl (C=O) groups is 3. The summed E-state index contributed by atoms with van der Waals surface area (Å²) in [7, 11) is -4.34. The number of nitrogens with zero attached hydrogens (tertiary/aromatic N) is 2. The van der Waals surface area contributed by atoms with E-state index in [-0.39, 0.29) is 48.3 Å². The molecule has 0 saturated carbocycles. The van der Waals surface area contributed by atoms with Crippen molar-refractivity contribution >= 4 is 27.6 Å². The zero-order chi connectivity index (χ0) is 25.9. The van der Waals surface area contributed by atoms with Crippen molar-refractivity contribution in [2.45, 2.75) is 17.2 Å². The standard InChI is InChI=1S/C25H24FN3O6S/c1-17-4-10-20(11-5-17)36(33,34)23(27-22(30)18-6-8-19(26)9-7-18)25(32)29-14-12-28(13-15-29)24(31)21-3-2-16-35-21/h2-11,16,23H,12-15H2,1H3,(H,27,30)/t23-/m0/s1. The SMILES string of the molecule is Cc1ccc(S(=O)(=O)[C@H](NC(=O)c2ccc(F)cc2)C(=O)N2CCN(C(=O)c3ccco3)CC2)cc1. The van der Waals surface area contributed by atoms with Crippen LogP contribution in [0.4, 0.5) is 4.39 Å². The lowest BCUT2D eigenvalue weighted by atomic mass is 10.2. The number of sulfone groups is 1. The smallest absolute Gasteiger partial charge is 0.289 e. The minimum atomic E-state index is -4.34. The molecule has 4 rings (SSSR count). The Kier molecular flexibility index (Phi) is 7.20. The third-order valence-electron chi connectivity index (χ3n) is 5.86. The second-order valence-corrected chi connectivity index (χ2v) is 10.3. The molecule has 9 nitrogen and oxygen atoms in total. The zero-order valence-corrected chi connectivity index (χ0v) is 20.2. The van der Waals surface area contributed by atoms with Crippen molar-refractivity contribution in [1.29, 1.82) is 0 Å². The number of halogens is 1. The second kappa shape index (κ2) is 10.3. The molecule has 1 aromatic heterocycles. The number of nitrogens with one attached hydrogen (secondary N) is 1. The number of rotatable bonds is 6. The van der Waals surface area contributed by atoms with Crippen LogP contribution in [0.1, 0.15) is 26.5 Å². The quantitative estimate of drug-likeness (QED) is 0.540. The first-order chi connectivity index (χ1) is 17.2. The molecule has 188 valence electrons. The van der Waals surface area contributed by atoms with E-state index in [0.29, 0.717) is 0 Å². The molecule has 1 saturated heterocycles. The predicted molar refractivity (Wildman–Crippen MR) is 127 cm³/mol. The minimum Gasteiger partial charge on any atom is -0.459 e. The molecule has 1 fully saturated rings. The summed E-state index contributed by atoms with van der Waals surface area (Å²) in [6.07, 6.45) is 1.39. The lowest BCUT2D eigenvalue weighted by molar-refractivity contribution is -0.132. The van der Waals surface area contributed by atoms with Gasteiger partial charge >= 0.3 is 0 Å². The molecule has 1 atom stereocenters. The summed E-state index contributed by atoms with van der Waals surface area (Å²) in [4.78, 5) is 41.5. The largest absolute Gasteiger partial charge is 0.459 e. The molecule has 1 aliphatic rings. The molecule has 36 heavy (non-hydrogen) atoms. The highest BCUT2D eigenvalue weighted by Gasteiger charge is 2.39. The van der Waals surface area contributed by atoms with Crippen LogP contribution in [0.25, 0.3) is 0 Å². The second-order valence-electron chi connectivity index (χ2n) is 8.31. The van der Waals surface area contributed by atoms with Crippen molar-refractivity contribution in [2.24, 2.45) is 0 Å². The molecule has 0 radical (unpaired) electrons. The summed E-state index contributed by atoms with van der Waals surface area (Å²) in [6, 6.07) is 13.6. The van der Waals surface area contributed by atoms with Crippen molar-refractivity contribution < 1.29 is 31.6 Å². The van der Waals surface area contributed by atoms with E-state index in [1.165, 1.54) is 46.4 Å². The van der Waals surface area contributed by atoms with E-state index in [1.807, 2.05) is 0 Å². The third kappa shape index (κ3) is 5.30. The molecule has 0 spiro atoms. The number of aryl methyl sites for hydroxylation is 1. The molecule has 0 bridgehead atoms. The Labute approximate surface area is 207 Å². The van der Waals surface area contributed by atoms with Crippen LogP contribution in [0, 0.1) is 12.7 Å². The van der Waals surface area contributed by atoms with E-state index in [2.05, 4.69) is 5.32 Å². The van der Waals surface area contributed by atoms with E-state index >= 15 is 0 Å². The highest BCUT2D eigenvalue weighted by molar-refractivity contribution is 7.92. The number of piperazine rings is 1. The van der Waals surface area contributed by atoms with Crippen LogP contribution in [-0.4, -0.2) is 67.5 Å². The van der Waals surface area contributed by atoms with Crippen molar-refractivity contribution in [2.75, 3.05) is 26.2 Å². The summed E-state index contributed by atoms with van der Waals surface area (Å²) in [5.41, 5.74) is 0.826. The molecule has 1 N–H and O–H groups in total. The van der Waals surface area contributed by atoms with E-state index in [1.54, 1.807) is 25.1 Å². The fraction of sp³-hybridized carbons (Fsp3) is 0.240. The summed E-state index contributed by atoms with van der Waals surface area (Å²) >= 11 is 0. The number of hydrogen-bond donors (Lipinski definition) is 1. The van der Waals surface area contributed by atoms with Gasteiger partial charge in [0.2, 0.25) is 15.2 Å². The lowest BCUT2D eigenvalue weighted by Gasteiger charge is -2.36. The fourth-order valence-electron chi connectivity index (χ4n) is 3.79. The predicted octanol–water partition coefficient (Wildman–Crippen LogP) is 2.24. The molecule has 2 aromatic carbocycles. The van der Waals surface area contributed by atoms with Crippen LogP contribution >= 0.6 is 0 Å². The molecule has 0 unspecified atom stereocenters. The van der Waals surface area contributed by atoms with Gasteiger partial charge in [-0.1, -0.05) is 17.7 Å². The van der Waals surface area contributed by atoms with Crippen molar-refractivity contribution in [3.8, 4) is 0 Å². The number of amides is 3. The first-order valence-corrected chi connectivity index (χ1v) is 12.7. The van der Waals surface area contributed by atoms with Gasteiger partial charge < -0.3 is 19.5 Å². The van der Waals surface area contributed by atoms with Crippen LogP contribution in [0.15, 0.2) is 76.2 Å². The summed E-state index contributed by atoms with van der Waals surface area (Å²) in [6.45, 7) is 2.25. The zero-order valence-electron chi connectivity index (χ0n) is 19.4. The van der Waals surface area contributed by atoms with Gasteiger partial charge in [-0.3, -0.25) is 14.4 Å². The van der Waals surface area contributed by atoms with Gasteiger partial charge in [0.25, 0.3) is 17.7 Å². The van der Waals surface area contributed by atoms with Gasteiger partial charge in [0, 0.05) is 31.7 Å². The van der Waals surface area contributed by atoms with Gasteiger partial charge in [0.05, 0.1) is 11.2 Å². The van der Waals surface area contributed by atoms with Gasteiger partial charge in [-0.2, -0.15) is 0 Å². The normalized spacial score (nSPS) is 14.8. The Hall–Kier alpha value is -3.99. The van der Waals surface area contributed by atoms with E-state index in [4.69, 9.17) is 4.42 Å². The Morgan fingerprint density at radius 3 is 2.11 bits per heavy atom. The van der Waals surface area contributed by atoms with E-state index in [0.717, 1.165) is 17.7 Å². The molecule has 11 heteroatoms. The Bertz CT molecular complexity index is 1350. The van der Waals surface area contributed by atoms with Crippen LogP contribution in [0.2, 0.25) is 0 Å². The van der Waals surface area contributed by atoms with Crippen LogP contribution in [0.5, 0.6) is 0 Å². The molecule has 3 amide bonds. The highest BCUT2D eigenvalue weighted by Crippen LogP contribution is 2.19. The molecule has 1 aliphatic heterocycles.